The first-order valence-corrected chi connectivity index (χ1v) is 7.07. The van der Waals surface area contributed by atoms with E-state index in [0.717, 1.165) is 4.47 Å². The van der Waals surface area contributed by atoms with Gasteiger partial charge in [0.15, 0.2) is 0 Å². The predicted molar refractivity (Wildman–Crippen MR) is 84.8 cm³/mol. The fraction of sp³-hybridized carbons (Fsp3) is 0.0667. The average molecular weight is 366 g/mol. The van der Waals surface area contributed by atoms with E-state index in [1.807, 2.05) is 6.07 Å². The highest BCUT2D eigenvalue weighted by molar-refractivity contribution is 9.10. The molecule has 2 aromatic carbocycles. The minimum atomic E-state index is -0.319. The van der Waals surface area contributed by atoms with E-state index in [9.17, 15) is 4.79 Å². The number of halogens is 2. The number of benzene rings is 2. The van der Waals surface area contributed by atoms with Crippen LogP contribution in [0.15, 0.2) is 40.9 Å². The zero-order valence-electron chi connectivity index (χ0n) is 11.0. The van der Waals surface area contributed by atoms with Gasteiger partial charge in [-0.1, -0.05) is 27.5 Å². The van der Waals surface area contributed by atoms with E-state index in [0.29, 0.717) is 22.6 Å². The Morgan fingerprint density at radius 1 is 1.33 bits per heavy atom. The summed E-state index contributed by atoms with van der Waals surface area (Å²) in [5, 5.41) is 11.8. The first kappa shape index (κ1) is 15.4. The molecule has 0 heterocycles. The fourth-order valence-corrected chi connectivity index (χ4v) is 2.30. The third kappa shape index (κ3) is 3.54. The number of amides is 1. The predicted octanol–water partition coefficient (Wildman–Crippen LogP) is 4.24. The van der Waals surface area contributed by atoms with Crippen LogP contribution in [0.4, 0.5) is 5.69 Å². The molecule has 0 radical (unpaired) electrons. The summed E-state index contributed by atoms with van der Waals surface area (Å²) in [5.41, 5.74) is 1.27. The van der Waals surface area contributed by atoms with E-state index in [4.69, 9.17) is 21.6 Å². The Balaban J connectivity index is 2.26. The molecule has 1 amide bonds. The van der Waals surface area contributed by atoms with Crippen molar-refractivity contribution >= 4 is 39.1 Å². The highest BCUT2D eigenvalue weighted by Gasteiger charge is 2.13. The molecule has 0 saturated heterocycles. The zero-order chi connectivity index (χ0) is 15.4. The van der Waals surface area contributed by atoms with Gasteiger partial charge in [-0.15, -0.1) is 0 Å². The maximum atomic E-state index is 12.3. The smallest absolute Gasteiger partial charge is 0.259 e. The molecule has 1 N–H and O–H groups in total. The lowest BCUT2D eigenvalue weighted by atomic mass is 10.1. The van der Waals surface area contributed by atoms with Gasteiger partial charge in [0.1, 0.15) is 11.8 Å². The third-order valence-electron chi connectivity index (χ3n) is 2.76. The van der Waals surface area contributed by atoms with Crippen LogP contribution in [0.25, 0.3) is 0 Å². The molecule has 0 aliphatic rings. The standard InChI is InChI=1S/C15H10BrClN2O2/c1-21-14-6-10(16)3-5-12(14)15(20)19-11-4-2-9(8-18)13(17)7-11/h2-7H,1H3,(H,19,20). The van der Waals surface area contributed by atoms with Crippen LogP contribution in [0.3, 0.4) is 0 Å². The molecule has 0 unspecified atom stereocenters. The number of ether oxygens (including phenoxy) is 1. The Hall–Kier alpha value is -2.03. The number of carbonyl (C=O) groups is 1. The second-order valence-corrected chi connectivity index (χ2v) is 5.43. The van der Waals surface area contributed by atoms with Crippen molar-refractivity contribution < 1.29 is 9.53 Å². The van der Waals surface area contributed by atoms with E-state index in [1.54, 1.807) is 30.3 Å². The number of nitrogens with one attached hydrogen (secondary N) is 1. The van der Waals surface area contributed by atoms with Gasteiger partial charge in [0.2, 0.25) is 0 Å². The van der Waals surface area contributed by atoms with Crippen molar-refractivity contribution in [1.29, 1.82) is 5.26 Å². The van der Waals surface area contributed by atoms with Gasteiger partial charge in [0, 0.05) is 10.2 Å². The van der Waals surface area contributed by atoms with Gasteiger partial charge in [0.05, 0.1) is 23.3 Å². The van der Waals surface area contributed by atoms with Crippen molar-refractivity contribution in [2.24, 2.45) is 0 Å². The van der Waals surface area contributed by atoms with Gasteiger partial charge in [-0.25, -0.2) is 0 Å². The van der Waals surface area contributed by atoms with Crippen LogP contribution in [0.2, 0.25) is 5.02 Å². The topological polar surface area (TPSA) is 62.1 Å². The van der Waals surface area contributed by atoms with Gasteiger partial charge < -0.3 is 10.1 Å². The Morgan fingerprint density at radius 3 is 2.71 bits per heavy atom. The van der Waals surface area contributed by atoms with E-state index in [2.05, 4.69) is 21.2 Å². The lowest BCUT2D eigenvalue weighted by Crippen LogP contribution is -2.13. The van der Waals surface area contributed by atoms with Crippen LogP contribution >= 0.6 is 27.5 Å². The number of hydrogen-bond acceptors (Lipinski definition) is 3. The van der Waals surface area contributed by atoms with Crippen molar-refractivity contribution in [2.45, 2.75) is 0 Å². The Labute approximate surface area is 135 Å². The molecule has 0 aromatic heterocycles. The number of anilines is 1. The molecular weight excluding hydrogens is 356 g/mol. The largest absolute Gasteiger partial charge is 0.496 e. The Morgan fingerprint density at radius 2 is 2.10 bits per heavy atom. The highest BCUT2D eigenvalue weighted by Crippen LogP contribution is 2.25. The van der Waals surface area contributed by atoms with Crippen molar-refractivity contribution in [3.8, 4) is 11.8 Å². The van der Waals surface area contributed by atoms with Crippen LogP contribution in [0.5, 0.6) is 5.75 Å². The molecule has 21 heavy (non-hydrogen) atoms. The van der Waals surface area contributed by atoms with Crippen LogP contribution in [0, 0.1) is 11.3 Å². The molecule has 0 spiro atoms. The monoisotopic (exact) mass is 364 g/mol. The molecular formula is C15H10BrClN2O2. The van der Waals surface area contributed by atoms with Gasteiger partial charge >= 0.3 is 0 Å². The summed E-state index contributed by atoms with van der Waals surface area (Å²) in [6.45, 7) is 0. The minimum absolute atomic E-state index is 0.290. The lowest BCUT2D eigenvalue weighted by Gasteiger charge is -2.10. The highest BCUT2D eigenvalue weighted by atomic mass is 79.9. The number of methoxy groups -OCH3 is 1. The normalized spacial score (nSPS) is 9.81. The second-order valence-electron chi connectivity index (χ2n) is 4.11. The minimum Gasteiger partial charge on any atom is -0.496 e. The van der Waals surface area contributed by atoms with Crippen molar-refractivity contribution in [3.63, 3.8) is 0 Å². The summed E-state index contributed by atoms with van der Waals surface area (Å²) in [7, 11) is 1.50. The molecule has 6 heteroatoms. The van der Waals surface area contributed by atoms with Gasteiger partial charge in [-0.2, -0.15) is 5.26 Å². The average Bonchev–Trinajstić information content (AvgIpc) is 2.47. The molecule has 0 saturated carbocycles. The fourth-order valence-electron chi connectivity index (χ4n) is 1.73. The van der Waals surface area contributed by atoms with E-state index in [1.165, 1.54) is 13.2 Å². The summed E-state index contributed by atoms with van der Waals surface area (Å²) in [5.74, 6) is 0.141. The molecule has 0 aliphatic carbocycles. The zero-order valence-corrected chi connectivity index (χ0v) is 13.3. The second kappa shape index (κ2) is 6.61. The van der Waals surface area contributed by atoms with Gasteiger partial charge in [-0.3, -0.25) is 4.79 Å². The van der Waals surface area contributed by atoms with Crippen LogP contribution in [0.1, 0.15) is 15.9 Å². The molecule has 0 fully saturated rings. The summed E-state index contributed by atoms with van der Waals surface area (Å²) >= 11 is 9.25. The van der Waals surface area contributed by atoms with Gasteiger partial charge in [-0.05, 0) is 36.4 Å². The van der Waals surface area contributed by atoms with Crippen LogP contribution in [-0.2, 0) is 0 Å². The first-order chi connectivity index (χ1) is 10.0. The van der Waals surface area contributed by atoms with E-state index >= 15 is 0 Å². The number of nitrogens with zero attached hydrogens (tertiary/aromatic N) is 1. The molecule has 2 aromatic rings. The van der Waals surface area contributed by atoms with E-state index in [-0.39, 0.29) is 10.9 Å². The Bertz CT molecular complexity index is 741. The molecule has 0 aliphatic heterocycles. The maximum Gasteiger partial charge on any atom is 0.259 e. The summed E-state index contributed by atoms with van der Waals surface area (Å²) in [4.78, 5) is 12.3. The van der Waals surface area contributed by atoms with Crippen molar-refractivity contribution in [1.82, 2.24) is 0 Å². The quantitative estimate of drug-likeness (QED) is 0.885. The SMILES string of the molecule is COc1cc(Br)ccc1C(=O)Nc1ccc(C#N)c(Cl)c1. The van der Waals surface area contributed by atoms with Crippen molar-refractivity contribution in [2.75, 3.05) is 12.4 Å². The molecule has 0 atom stereocenters. The van der Waals surface area contributed by atoms with Crippen LogP contribution < -0.4 is 10.1 Å². The number of hydrogen-bond donors (Lipinski definition) is 1. The molecule has 0 bridgehead atoms. The summed E-state index contributed by atoms with van der Waals surface area (Å²) < 4.78 is 6.00. The summed E-state index contributed by atoms with van der Waals surface area (Å²) in [6.07, 6.45) is 0. The first-order valence-electron chi connectivity index (χ1n) is 5.89. The molecule has 106 valence electrons. The Kier molecular flexibility index (Phi) is 4.84. The molecule has 2 rings (SSSR count). The van der Waals surface area contributed by atoms with Crippen LogP contribution in [-0.4, -0.2) is 13.0 Å². The molecule has 4 nitrogen and oxygen atoms in total. The van der Waals surface area contributed by atoms with Gasteiger partial charge in [0.25, 0.3) is 5.91 Å². The van der Waals surface area contributed by atoms with Crippen molar-refractivity contribution in [3.05, 3.63) is 57.0 Å². The maximum absolute atomic E-state index is 12.3. The third-order valence-corrected chi connectivity index (χ3v) is 3.56. The number of rotatable bonds is 3. The lowest BCUT2D eigenvalue weighted by molar-refractivity contribution is 0.102. The number of carbonyl (C=O) groups excluding carboxylic acids is 1. The van der Waals surface area contributed by atoms with E-state index < -0.39 is 0 Å². The number of nitriles is 1. The summed E-state index contributed by atoms with van der Waals surface area (Å²) in [6, 6.07) is 11.8.